The van der Waals surface area contributed by atoms with E-state index in [0.29, 0.717) is 68.5 Å². The summed E-state index contributed by atoms with van der Waals surface area (Å²) in [5.74, 6) is 2.77. The van der Waals surface area contributed by atoms with Crippen LogP contribution in [0.3, 0.4) is 0 Å². The quantitative estimate of drug-likeness (QED) is 0.590. The molecule has 1 aromatic carbocycles. The van der Waals surface area contributed by atoms with Crippen LogP contribution in [0.5, 0.6) is 17.4 Å². The van der Waals surface area contributed by atoms with Gasteiger partial charge in [-0.3, -0.25) is 4.79 Å². The lowest BCUT2D eigenvalue weighted by Crippen LogP contribution is -2.34. The molecular formula is C24H28N4O5. The van der Waals surface area contributed by atoms with Crippen molar-refractivity contribution in [2.45, 2.75) is 39.2 Å². The lowest BCUT2D eigenvalue weighted by molar-refractivity contribution is -0.132. The van der Waals surface area contributed by atoms with Crippen molar-refractivity contribution in [3.05, 3.63) is 59.9 Å². The number of pyridine rings is 1. The monoisotopic (exact) mass is 452 g/mol. The third-order valence-electron chi connectivity index (χ3n) is 5.14. The topological polar surface area (TPSA) is 99.8 Å². The summed E-state index contributed by atoms with van der Waals surface area (Å²) in [7, 11) is 0. The fourth-order valence-electron chi connectivity index (χ4n) is 3.35. The fraction of sp³-hybridized carbons (Fsp3) is 0.417. The highest BCUT2D eigenvalue weighted by atomic mass is 16.5. The largest absolute Gasteiger partial charge is 0.487 e. The summed E-state index contributed by atoms with van der Waals surface area (Å²) in [4.78, 5) is 19.2. The van der Waals surface area contributed by atoms with E-state index in [4.69, 9.17) is 18.6 Å². The Morgan fingerprint density at radius 1 is 1.06 bits per heavy atom. The van der Waals surface area contributed by atoms with Gasteiger partial charge in [0, 0.05) is 37.1 Å². The molecule has 1 aliphatic rings. The predicted octanol–water partition coefficient (Wildman–Crippen LogP) is 3.75. The minimum absolute atomic E-state index is 0.0378. The van der Waals surface area contributed by atoms with Crippen LogP contribution in [-0.4, -0.2) is 52.4 Å². The standard InChI is InChI=1S/C24H28N4O5/c1-17(2)23-27-26-21(33-23)9-10-22(29)28-12-13-30-14-15-31-19-7-3-4-8-20(19)32-24-18(16-28)6-5-11-25-24/h3-8,11,17H,9-10,12-16H2,1-2H3. The normalized spacial score (nSPS) is 14.7. The number of carbonyl (C=O) groups is 1. The number of benzene rings is 1. The van der Waals surface area contributed by atoms with Crippen LogP contribution in [0.25, 0.3) is 0 Å². The number of aryl methyl sites for hydroxylation is 1. The number of nitrogens with zero attached hydrogens (tertiary/aromatic N) is 4. The Hall–Kier alpha value is -3.46. The van der Waals surface area contributed by atoms with Gasteiger partial charge in [0.25, 0.3) is 0 Å². The first-order valence-electron chi connectivity index (χ1n) is 11.1. The first-order valence-corrected chi connectivity index (χ1v) is 11.1. The van der Waals surface area contributed by atoms with Crippen LogP contribution < -0.4 is 9.47 Å². The first-order chi connectivity index (χ1) is 16.1. The number of carbonyl (C=O) groups excluding carboxylic acids is 1. The van der Waals surface area contributed by atoms with Gasteiger partial charge in [-0.2, -0.15) is 0 Å². The zero-order valence-corrected chi connectivity index (χ0v) is 18.9. The lowest BCUT2D eigenvalue weighted by atomic mass is 10.2. The number of ether oxygens (including phenoxy) is 3. The Morgan fingerprint density at radius 2 is 1.91 bits per heavy atom. The van der Waals surface area contributed by atoms with Crippen LogP contribution in [-0.2, 0) is 22.5 Å². The molecule has 0 unspecified atom stereocenters. The third kappa shape index (κ3) is 6.07. The Labute approximate surface area is 192 Å². The van der Waals surface area contributed by atoms with E-state index in [2.05, 4.69) is 15.2 Å². The highest BCUT2D eigenvalue weighted by molar-refractivity contribution is 5.76. The van der Waals surface area contributed by atoms with Crippen LogP contribution in [0.1, 0.15) is 43.5 Å². The Morgan fingerprint density at radius 3 is 2.73 bits per heavy atom. The van der Waals surface area contributed by atoms with E-state index < -0.39 is 0 Å². The Balaban J connectivity index is 1.51. The van der Waals surface area contributed by atoms with Gasteiger partial charge >= 0.3 is 0 Å². The van der Waals surface area contributed by atoms with Crippen molar-refractivity contribution >= 4 is 5.91 Å². The van der Waals surface area contributed by atoms with Gasteiger partial charge < -0.3 is 23.5 Å². The zero-order valence-electron chi connectivity index (χ0n) is 18.9. The molecule has 0 saturated carbocycles. The molecule has 0 aliphatic carbocycles. The van der Waals surface area contributed by atoms with Crippen molar-refractivity contribution < 1.29 is 23.4 Å². The van der Waals surface area contributed by atoms with Crippen LogP contribution >= 0.6 is 0 Å². The van der Waals surface area contributed by atoms with Crippen molar-refractivity contribution in [1.29, 1.82) is 0 Å². The molecule has 0 N–H and O–H groups in total. The van der Waals surface area contributed by atoms with Crippen molar-refractivity contribution in [2.75, 3.05) is 26.4 Å². The molecule has 1 aliphatic heterocycles. The summed E-state index contributed by atoms with van der Waals surface area (Å²) in [6, 6.07) is 11.2. The van der Waals surface area contributed by atoms with Gasteiger partial charge in [0.1, 0.15) is 6.61 Å². The minimum atomic E-state index is -0.0378. The van der Waals surface area contributed by atoms with Gasteiger partial charge in [-0.05, 0) is 18.2 Å². The number of rotatable bonds is 4. The van der Waals surface area contributed by atoms with Gasteiger partial charge in [-0.1, -0.05) is 32.0 Å². The highest BCUT2D eigenvalue weighted by Crippen LogP contribution is 2.32. The number of hydrogen-bond acceptors (Lipinski definition) is 8. The molecule has 9 nitrogen and oxygen atoms in total. The molecule has 0 bridgehead atoms. The summed E-state index contributed by atoms with van der Waals surface area (Å²) in [6.45, 7) is 5.92. The number of para-hydroxylation sites is 2. The van der Waals surface area contributed by atoms with Crippen LogP contribution in [0, 0.1) is 0 Å². The first kappa shape index (κ1) is 22.7. The second-order valence-electron chi connectivity index (χ2n) is 7.98. The van der Waals surface area contributed by atoms with E-state index in [1.807, 2.05) is 50.2 Å². The van der Waals surface area contributed by atoms with Crippen molar-refractivity contribution in [3.8, 4) is 17.4 Å². The van der Waals surface area contributed by atoms with E-state index >= 15 is 0 Å². The highest BCUT2D eigenvalue weighted by Gasteiger charge is 2.20. The van der Waals surface area contributed by atoms with Gasteiger partial charge in [0.15, 0.2) is 11.5 Å². The molecule has 0 fully saturated rings. The Kier molecular flexibility index (Phi) is 7.51. The summed E-state index contributed by atoms with van der Waals surface area (Å²) in [5, 5.41) is 8.08. The van der Waals surface area contributed by atoms with Crippen LogP contribution in [0.15, 0.2) is 47.0 Å². The number of amides is 1. The summed E-state index contributed by atoms with van der Waals surface area (Å²) >= 11 is 0. The van der Waals surface area contributed by atoms with Crippen molar-refractivity contribution in [3.63, 3.8) is 0 Å². The fourth-order valence-corrected chi connectivity index (χ4v) is 3.35. The third-order valence-corrected chi connectivity index (χ3v) is 5.14. The summed E-state index contributed by atoms with van der Waals surface area (Å²) in [6.07, 6.45) is 2.30. The van der Waals surface area contributed by atoms with Crippen LogP contribution in [0.4, 0.5) is 0 Å². The molecule has 9 heteroatoms. The second kappa shape index (κ2) is 10.9. The average Bonchev–Trinajstić information content (AvgIpc) is 3.30. The molecule has 174 valence electrons. The van der Waals surface area contributed by atoms with Crippen LogP contribution in [0.2, 0.25) is 0 Å². The molecule has 0 atom stereocenters. The molecule has 0 saturated heterocycles. The number of hydrogen-bond donors (Lipinski definition) is 0. The molecule has 2 aromatic heterocycles. The minimum Gasteiger partial charge on any atom is -0.487 e. The second-order valence-corrected chi connectivity index (χ2v) is 7.98. The molecule has 3 heterocycles. The molecule has 4 rings (SSSR count). The maximum absolute atomic E-state index is 13.1. The van der Waals surface area contributed by atoms with Gasteiger partial charge in [-0.25, -0.2) is 4.98 Å². The summed E-state index contributed by atoms with van der Waals surface area (Å²) in [5.41, 5.74) is 0.791. The van der Waals surface area contributed by atoms with Gasteiger partial charge in [0.2, 0.25) is 23.6 Å². The maximum Gasteiger partial charge on any atom is 0.224 e. The smallest absolute Gasteiger partial charge is 0.224 e. The summed E-state index contributed by atoms with van der Waals surface area (Å²) < 4.78 is 23.2. The average molecular weight is 453 g/mol. The molecule has 33 heavy (non-hydrogen) atoms. The van der Waals surface area contributed by atoms with Gasteiger partial charge in [-0.15, -0.1) is 10.2 Å². The zero-order chi connectivity index (χ0) is 23.0. The van der Waals surface area contributed by atoms with E-state index in [0.717, 1.165) is 5.56 Å². The maximum atomic E-state index is 13.1. The van der Waals surface area contributed by atoms with E-state index in [9.17, 15) is 4.79 Å². The SMILES string of the molecule is CC(C)c1nnc(CCC(=O)N2CCOCCOc3ccccc3Oc3ncccc3C2)o1. The molecular weight excluding hydrogens is 424 g/mol. The Bertz CT molecular complexity index is 1070. The number of fused-ring (bicyclic) bond motifs is 2. The lowest BCUT2D eigenvalue weighted by Gasteiger charge is -2.23. The molecule has 3 aromatic rings. The van der Waals surface area contributed by atoms with E-state index in [1.54, 1.807) is 11.1 Å². The van der Waals surface area contributed by atoms with E-state index in [1.165, 1.54) is 0 Å². The van der Waals surface area contributed by atoms with E-state index in [-0.39, 0.29) is 18.2 Å². The predicted molar refractivity (Wildman–Crippen MR) is 119 cm³/mol. The van der Waals surface area contributed by atoms with Crippen molar-refractivity contribution in [1.82, 2.24) is 20.1 Å². The van der Waals surface area contributed by atoms with Crippen molar-refractivity contribution in [2.24, 2.45) is 0 Å². The van der Waals surface area contributed by atoms with Gasteiger partial charge in [0.05, 0.1) is 19.8 Å². The molecule has 1 amide bonds. The molecule has 0 spiro atoms. The molecule has 0 radical (unpaired) electrons. The number of aromatic nitrogens is 3.